The molecule has 0 saturated heterocycles. The van der Waals surface area contributed by atoms with Gasteiger partial charge in [0.1, 0.15) is 11.4 Å². The van der Waals surface area contributed by atoms with E-state index in [9.17, 15) is 14.4 Å². The van der Waals surface area contributed by atoms with E-state index < -0.39 is 17.0 Å². The van der Waals surface area contributed by atoms with Crippen LogP contribution in [0.4, 0.5) is 10.9 Å². The smallest absolute Gasteiger partial charge is 0.332 e. The molecule has 0 aromatic carbocycles. The number of hydrogen-bond donors (Lipinski definition) is 2. The van der Waals surface area contributed by atoms with Crippen molar-refractivity contribution in [3.05, 3.63) is 26.4 Å². The lowest BCUT2D eigenvalue weighted by atomic mass is 10.2. The lowest BCUT2D eigenvalue weighted by Crippen LogP contribution is -2.41. The first-order valence-electron chi connectivity index (χ1n) is 8.23. The van der Waals surface area contributed by atoms with Crippen molar-refractivity contribution in [1.82, 2.24) is 19.3 Å². The van der Waals surface area contributed by atoms with Gasteiger partial charge in [-0.1, -0.05) is 23.1 Å². The van der Waals surface area contributed by atoms with E-state index in [1.807, 2.05) is 6.92 Å². The van der Waals surface area contributed by atoms with Crippen LogP contribution in [0, 0.1) is 0 Å². The normalized spacial score (nSPS) is 10.9. The third kappa shape index (κ3) is 5.17. The van der Waals surface area contributed by atoms with Crippen LogP contribution in [0.25, 0.3) is 0 Å². The van der Waals surface area contributed by atoms with Crippen LogP contribution in [-0.2, 0) is 18.8 Å². The number of rotatable bonds is 10. The number of ether oxygens (including phenoxy) is 1. The van der Waals surface area contributed by atoms with Gasteiger partial charge in [-0.15, -0.1) is 10.2 Å². The number of carbonyl (C=O) groups excluding carboxylic acids is 1. The maximum Gasteiger partial charge on any atom is 0.332 e. The Hall–Kier alpha value is -2.18. The van der Waals surface area contributed by atoms with Crippen molar-refractivity contribution in [2.45, 2.75) is 17.7 Å². The number of hydrogen-bond acceptors (Lipinski definition) is 10. The standard InChI is InChI=1S/C15H22N6O4S2/c1-4-25-7-5-6-17-13-18-19-14(27-13)26-8-9(22)10-11(16)20(2)15(24)21(3)12(10)23/h4-8,16H2,1-3H3,(H,17,18). The molecule has 0 aliphatic rings. The third-order valence-electron chi connectivity index (χ3n) is 3.67. The maximum atomic E-state index is 12.5. The van der Waals surface area contributed by atoms with Crippen molar-refractivity contribution in [2.75, 3.05) is 36.6 Å². The first-order valence-corrected chi connectivity index (χ1v) is 10.0. The Balaban J connectivity index is 1.97. The van der Waals surface area contributed by atoms with Crippen molar-refractivity contribution in [3.63, 3.8) is 0 Å². The molecule has 2 heterocycles. The van der Waals surface area contributed by atoms with E-state index in [0.29, 0.717) is 29.2 Å². The number of nitrogen functional groups attached to an aromatic ring is 1. The lowest BCUT2D eigenvalue weighted by Gasteiger charge is -2.10. The summed E-state index contributed by atoms with van der Waals surface area (Å²) in [5.74, 6) is -0.630. The van der Waals surface area contributed by atoms with Gasteiger partial charge in [-0.25, -0.2) is 4.79 Å². The molecule has 10 nitrogen and oxygen atoms in total. The zero-order valence-corrected chi connectivity index (χ0v) is 17.0. The molecule has 0 atom stereocenters. The summed E-state index contributed by atoms with van der Waals surface area (Å²) in [4.78, 5) is 36.5. The molecule has 0 saturated carbocycles. The van der Waals surface area contributed by atoms with E-state index in [2.05, 4.69) is 15.5 Å². The Labute approximate surface area is 163 Å². The minimum Gasteiger partial charge on any atom is -0.384 e. The van der Waals surface area contributed by atoms with Crippen LogP contribution in [0.15, 0.2) is 13.9 Å². The Bertz CT molecular complexity index is 920. The van der Waals surface area contributed by atoms with Crippen LogP contribution in [-0.4, -0.2) is 50.6 Å². The summed E-state index contributed by atoms with van der Waals surface area (Å²) in [6.07, 6.45) is 0.851. The minimum atomic E-state index is -0.699. The fourth-order valence-corrected chi connectivity index (χ4v) is 3.82. The van der Waals surface area contributed by atoms with E-state index >= 15 is 0 Å². The molecule has 0 fully saturated rings. The Morgan fingerprint density at radius 1 is 1.30 bits per heavy atom. The molecule has 148 valence electrons. The third-order valence-corrected chi connectivity index (χ3v) is 5.68. The molecule has 27 heavy (non-hydrogen) atoms. The highest BCUT2D eigenvalue weighted by Gasteiger charge is 2.20. The van der Waals surface area contributed by atoms with Gasteiger partial charge in [0.25, 0.3) is 5.56 Å². The molecule has 12 heteroatoms. The average molecular weight is 415 g/mol. The zero-order valence-electron chi connectivity index (χ0n) is 15.4. The number of ketones is 1. The van der Waals surface area contributed by atoms with Crippen molar-refractivity contribution in [1.29, 1.82) is 0 Å². The summed E-state index contributed by atoms with van der Waals surface area (Å²) < 4.78 is 7.79. The number of anilines is 2. The van der Waals surface area contributed by atoms with Crippen LogP contribution < -0.4 is 22.3 Å². The van der Waals surface area contributed by atoms with Gasteiger partial charge in [-0.05, 0) is 13.3 Å². The van der Waals surface area contributed by atoms with Gasteiger partial charge in [0.2, 0.25) is 5.13 Å². The van der Waals surface area contributed by atoms with E-state index in [0.717, 1.165) is 27.3 Å². The molecular weight excluding hydrogens is 392 g/mol. The summed E-state index contributed by atoms with van der Waals surface area (Å²) in [7, 11) is 2.72. The summed E-state index contributed by atoms with van der Waals surface area (Å²) in [5.41, 5.74) is 4.32. The first-order chi connectivity index (χ1) is 12.9. The van der Waals surface area contributed by atoms with Crippen molar-refractivity contribution < 1.29 is 9.53 Å². The van der Waals surface area contributed by atoms with Crippen LogP contribution in [0.1, 0.15) is 23.7 Å². The van der Waals surface area contributed by atoms with Gasteiger partial charge in [0.15, 0.2) is 10.1 Å². The summed E-state index contributed by atoms with van der Waals surface area (Å²) in [6, 6.07) is 0. The molecule has 2 aromatic rings. The van der Waals surface area contributed by atoms with Gasteiger partial charge in [-0.3, -0.25) is 18.7 Å². The predicted molar refractivity (Wildman–Crippen MR) is 106 cm³/mol. The van der Waals surface area contributed by atoms with Gasteiger partial charge in [0.05, 0.1) is 5.75 Å². The van der Waals surface area contributed by atoms with E-state index in [-0.39, 0.29) is 17.1 Å². The fourth-order valence-electron chi connectivity index (χ4n) is 2.17. The highest BCUT2D eigenvalue weighted by Crippen LogP contribution is 2.26. The topological polar surface area (TPSA) is 134 Å². The molecule has 0 bridgehead atoms. The Morgan fingerprint density at radius 2 is 2.04 bits per heavy atom. The summed E-state index contributed by atoms with van der Waals surface area (Å²) >= 11 is 2.48. The molecule has 2 rings (SSSR count). The monoisotopic (exact) mass is 414 g/mol. The van der Waals surface area contributed by atoms with E-state index in [1.54, 1.807) is 0 Å². The zero-order chi connectivity index (χ0) is 20.0. The molecule has 0 spiro atoms. The molecule has 0 radical (unpaired) electrons. The highest BCUT2D eigenvalue weighted by molar-refractivity contribution is 8.01. The number of nitrogens with zero attached hydrogens (tertiary/aromatic N) is 4. The molecule has 0 unspecified atom stereocenters. The molecular formula is C15H22N6O4S2. The average Bonchev–Trinajstić information content (AvgIpc) is 3.11. The van der Waals surface area contributed by atoms with Gasteiger partial charge in [-0.2, -0.15) is 0 Å². The van der Waals surface area contributed by atoms with Crippen LogP contribution in [0.5, 0.6) is 0 Å². The quantitative estimate of drug-likeness (QED) is 0.320. The van der Waals surface area contributed by atoms with Crippen molar-refractivity contribution >= 4 is 39.8 Å². The van der Waals surface area contributed by atoms with E-state index in [4.69, 9.17) is 10.5 Å². The maximum absolute atomic E-state index is 12.5. The number of nitrogens with two attached hydrogens (primary N) is 1. The Kier molecular flexibility index (Phi) is 7.56. The second-order valence-corrected chi connectivity index (χ2v) is 7.73. The van der Waals surface area contributed by atoms with Crippen LogP contribution in [0.2, 0.25) is 0 Å². The second kappa shape index (κ2) is 9.67. The second-order valence-electron chi connectivity index (χ2n) is 5.53. The van der Waals surface area contributed by atoms with Gasteiger partial charge >= 0.3 is 5.69 Å². The summed E-state index contributed by atoms with van der Waals surface area (Å²) in [5, 5.41) is 11.8. The lowest BCUT2D eigenvalue weighted by molar-refractivity contribution is 0.102. The SMILES string of the molecule is CCOCCCNc1nnc(SCC(=O)c2c(N)n(C)c(=O)n(C)c2=O)s1. The molecule has 0 amide bonds. The fraction of sp³-hybridized carbons (Fsp3) is 0.533. The van der Waals surface area contributed by atoms with E-state index in [1.165, 1.54) is 25.4 Å². The molecule has 3 N–H and O–H groups in total. The van der Waals surface area contributed by atoms with Crippen LogP contribution >= 0.6 is 23.1 Å². The number of aromatic nitrogens is 4. The number of carbonyl (C=O) groups is 1. The minimum absolute atomic E-state index is 0.0311. The van der Waals surface area contributed by atoms with Gasteiger partial charge < -0.3 is 15.8 Å². The number of Topliss-reactive ketones (excluding diaryl/α,β-unsaturated/α-hetero) is 1. The largest absolute Gasteiger partial charge is 0.384 e. The number of nitrogens with one attached hydrogen (secondary N) is 1. The molecule has 0 aliphatic carbocycles. The molecule has 2 aromatic heterocycles. The van der Waals surface area contributed by atoms with Crippen molar-refractivity contribution in [2.24, 2.45) is 14.1 Å². The number of thioether (sulfide) groups is 1. The molecule has 0 aliphatic heterocycles. The summed E-state index contributed by atoms with van der Waals surface area (Å²) in [6.45, 7) is 4.02. The predicted octanol–water partition coefficient (Wildman–Crippen LogP) is 0.331. The first kappa shape index (κ1) is 21.1. The van der Waals surface area contributed by atoms with Crippen molar-refractivity contribution in [3.8, 4) is 0 Å². The highest BCUT2D eigenvalue weighted by atomic mass is 32.2. The van der Waals surface area contributed by atoms with Gasteiger partial charge in [0, 0.05) is 33.9 Å². The Morgan fingerprint density at radius 3 is 2.74 bits per heavy atom. The van der Waals surface area contributed by atoms with Crippen LogP contribution in [0.3, 0.4) is 0 Å².